The van der Waals surface area contributed by atoms with E-state index in [1.165, 1.54) is 24.0 Å². The summed E-state index contributed by atoms with van der Waals surface area (Å²) in [6, 6.07) is 6.37. The summed E-state index contributed by atoms with van der Waals surface area (Å²) >= 11 is 0. The zero-order valence-electron chi connectivity index (χ0n) is 10.6. The fourth-order valence-corrected chi connectivity index (χ4v) is 2.38. The zero-order valence-corrected chi connectivity index (χ0v) is 10.6. The minimum Gasteiger partial charge on any atom is -0.497 e. The molecule has 0 heterocycles. The Morgan fingerprint density at radius 2 is 2.35 bits per heavy atom. The van der Waals surface area contributed by atoms with Gasteiger partial charge in [-0.05, 0) is 55.4 Å². The third-order valence-corrected chi connectivity index (χ3v) is 3.51. The molecule has 0 fully saturated rings. The van der Waals surface area contributed by atoms with Gasteiger partial charge in [0, 0.05) is 0 Å². The van der Waals surface area contributed by atoms with Gasteiger partial charge < -0.3 is 9.84 Å². The van der Waals surface area contributed by atoms with E-state index < -0.39 is 0 Å². The van der Waals surface area contributed by atoms with Crippen molar-refractivity contribution in [2.24, 2.45) is 0 Å². The van der Waals surface area contributed by atoms with Gasteiger partial charge in [0.05, 0.1) is 13.7 Å². The van der Waals surface area contributed by atoms with Crippen molar-refractivity contribution < 1.29 is 9.84 Å². The number of fused-ring (bicyclic) bond motifs is 1. The Labute approximate surface area is 103 Å². The van der Waals surface area contributed by atoms with Gasteiger partial charge in [-0.1, -0.05) is 17.7 Å². The van der Waals surface area contributed by atoms with E-state index in [0.717, 1.165) is 17.7 Å². The van der Waals surface area contributed by atoms with E-state index in [2.05, 4.69) is 18.2 Å². The topological polar surface area (TPSA) is 29.5 Å². The molecule has 0 spiro atoms. The van der Waals surface area contributed by atoms with Crippen molar-refractivity contribution in [3.63, 3.8) is 0 Å². The molecule has 92 valence electrons. The van der Waals surface area contributed by atoms with Crippen LogP contribution in [0.2, 0.25) is 0 Å². The molecule has 0 saturated carbocycles. The normalized spacial score (nSPS) is 18.5. The molecule has 1 aliphatic carbocycles. The van der Waals surface area contributed by atoms with E-state index in [4.69, 9.17) is 9.84 Å². The van der Waals surface area contributed by atoms with Crippen LogP contribution in [0.5, 0.6) is 5.75 Å². The molecule has 1 atom stereocenters. The van der Waals surface area contributed by atoms with Gasteiger partial charge in [0.2, 0.25) is 0 Å². The van der Waals surface area contributed by atoms with E-state index in [9.17, 15) is 0 Å². The first-order valence-electron chi connectivity index (χ1n) is 6.18. The highest BCUT2D eigenvalue weighted by molar-refractivity contribution is 5.44. The predicted octanol–water partition coefficient (Wildman–Crippen LogP) is 3.05. The van der Waals surface area contributed by atoms with Crippen LogP contribution >= 0.6 is 0 Å². The molecule has 0 aliphatic heterocycles. The first kappa shape index (κ1) is 12.2. The van der Waals surface area contributed by atoms with Crippen molar-refractivity contribution in [3.8, 4) is 5.75 Å². The smallest absolute Gasteiger partial charge is 0.119 e. The maximum Gasteiger partial charge on any atom is 0.119 e. The van der Waals surface area contributed by atoms with Gasteiger partial charge in [-0.3, -0.25) is 0 Å². The fraction of sp³-hybridized carbons (Fsp3) is 0.467. The second-order valence-corrected chi connectivity index (χ2v) is 4.75. The summed E-state index contributed by atoms with van der Waals surface area (Å²) in [4.78, 5) is 0. The summed E-state index contributed by atoms with van der Waals surface area (Å²) in [5.41, 5.74) is 3.97. The predicted molar refractivity (Wildman–Crippen MR) is 69.5 cm³/mol. The number of ether oxygens (including phenoxy) is 1. The summed E-state index contributed by atoms with van der Waals surface area (Å²) in [5.74, 6) is 1.65. The Morgan fingerprint density at radius 1 is 1.53 bits per heavy atom. The lowest BCUT2D eigenvalue weighted by atomic mass is 9.75. The second kappa shape index (κ2) is 5.37. The number of aliphatic hydroxyl groups is 1. The van der Waals surface area contributed by atoms with E-state index in [0.29, 0.717) is 5.92 Å². The fourth-order valence-electron chi connectivity index (χ4n) is 2.38. The van der Waals surface area contributed by atoms with E-state index in [1.807, 2.05) is 13.0 Å². The molecule has 1 aromatic rings. The lowest BCUT2D eigenvalue weighted by Crippen LogP contribution is -2.16. The monoisotopic (exact) mass is 232 g/mol. The molecule has 0 radical (unpaired) electrons. The molecular weight excluding hydrogens is 212 g/mol. The van der Waals surface area contributed by atoms with Crippen LogP contribution in [-0.4, -0.2) is 18.8 Å². The Bertz CT molecular complexity index is 421. The van der Waals surface area contributed by atoms with Gasteiger partial charge in [0.25, 0.3) is 0 Å². The number of allylic oxidation sites excluding steroid dienone is 1. The molecule has 0 aromatic heterocycles. The highest BCUT2D eigenvalue weighted by atomic mass is 16.5. The maximum atomic E-state index is 8.90. The SMILES string of the molecule is COc1ccc2c(c1)CC2CCC=C(C)CO. The van der Waals surface area contributed by atoms with Crippen LogP contribution in [0, 0.1) is 0 Å². The summed E-state index contributed by atoms with van der Waals surface area (Å²) in [6.45, 7) is 2.15. The summed E-state index contributed by atoms with van der Waals surface area (Å²) in [6.07, 6.45) is 5.54. The third-order valence-electron chi connectivity index (χ3n) is 3.51. The summed E-state index contributed by atoms with van der Waals surface area (Å²) in [5, 5.41) is 8.90. The van der Waals surface area contributed by atoms with E-state index in [1.54, 1.807) is 7.11 Å². The van der Waals surface area contributed by atoms with Crippen molar-refractivity contribution in [2.75, 3.05) is 13.7 Å². The van der Waals surface area contributed by atoms with Crippen molar-refractivity contribution >= 4 is 0 Å². The molecule has 17 heavy (non-hydrogen) atoms. The lowest BCUT2D eigenvalue weighted by molar-refractivity contribution is 0.330. The zero-order chi connectivity index (χ0) is 12.3. The molecule has 0 amide bonds. The first-order valence-corrected chi connectivity index (χ1v) is 6.18. The quantitative estimate of drug-likeness (QED) is 0.791. The number of methoxy groups -OCH3 is 1. The van der Waals surface area contributed by atoms with Crippen LogP contribution < -0.4 is 4.74 Å². The van der Waals surface area contributed by atoms with E-state index >= 15 is 0 Å². The minimum atomic E-state index is 0.179. The van der Waals surface area contributed by atoms with Gasteiger partial charge in [-0.2, -0.15) is 0 Å². The number of aliphatic hydroxyl groups excluding tert-OH is 1. The third kappa shape index (κ3) is 2.70. The summed E-state index contributed by atoms with van der Waals surface area (Å²) in [7, 11) is 1.71. The minimum absolute atomic E-state index is 0.179. The molecule has 2 nitrogen and oxygen atoms in total. The highest BCUT2D eigenvalue weighted by Crippen LogP contribution is 2.40. The molecule has 1 N–H and O–H groups in total. The van der Waals surface area contributed by atoms with Crippen molar-refractivity contribution in [3.05, 3.63) is 41.0 Å². The van der Waals surface area contributed by atoms with Gasteiger partial charge >= 0.3 is 0 Å². The summed E-state index contributed by atoms with van der Waals surface area (Å²) < 4.78 is 5.21. The average Bonchev–Trinajstić information content (AvgIpc) is 2.34. The largest absolute Gasteiger partial charge is 0.497 e. The van der Waals surface area contributed by atoms with Crippen LogP contribution in [0.15, 0.2) is 29.8 Å². The Kier molecular flexibility index (Phi) is 3.85. The van der Waals surface area contributed by atoms with Crippen molar-refractivity contribution in [1.82, 2.24) is 0 Å². The average molecular weight is 232 g/mol. The van der Waals surface area contributed by atoms with Crippen LogP contribution in [-0.2, 0) is 6.42 Å². The highest BCUT2D eigenvalue weighted by Gasteiger charge is 2.25. The Hall–Kier alpha value is -1.28. The van der Waals surface area contributed by atoms with Crippen molar-refractivity contribution in [2.45, 2.75) is 32.1 Å². The second-order valence-electron chi connectivity index (χ2n) is 4.75. The molecule has 0 saturated heterocycles. The number of hydrogen-bond donors (Lipinski definition) is 1. The van der Waals surface area contributed by atoms with Gasteiger partial charge in [0.1, 0.15) is 5.75 Å². The van der Waals surface area contributed by atoms with Gasteiger partial charge in [-0.15, -0.1) is 0 Å². The Morgan fingerprint density at radius 3 is 3.00 bits per heavy atom. The number of benzene rings is 1. The maximum absolute atomic E-state index is 8.90. The van der Waals surface area contributed by atoms with Gasteiger partial charge in [-0.25, -0.2) is 0 Å². The number of rotatable bonds is 5. The molecule has 1 aliphatic rings. The van der Waals surface area contributed by atoms with Crippen LogP contribution in [0.3, 0.4) is 0 Å². The molecule has 0 bridgehead atoms. The first-order chi connectivity index (χ1) is 8.24. The number of hydrogen-bond acceptors (Lipinski definition) is 2. The standard InChI is InChI=1S/C15H20O2/c1-11(10-16)4-3-5-12-8-13-9-14(17-2)6-7-15(12)13/h4,6-7,9,12,16H,3,5,8,10H2,1-2H3. The molecule has 1 aromatic carbocycles. The van der Waals surface area contributed by atoms with E-state index in [-0.39, 0.29) is 6.61 Å². The van der Waals surface area contributed by atoms with Gasteiger partial charge in [0.15, 0.2) is 0 Å². The van der Waals surface area contributed by atoms with Crippen molar-refractivity contribution in [1.29, 1.82) is 0 Å². The Balaban J connectivity index is 1.90. The molecule has 1 unspecified atom stereocenters. The van der Waals surface area contributed by atoms with Crippen LogP contribution in [0.1, 0.15) is 36.8 Å². The lowest BCUT2D eigenvalue weighted by Gasteiger charge is -2.30. The van der Waals surface area contributed by atoms with Crippen LogP contribution in [0.25, 0.3) is 0 Å². The molecular formula is C15H20O2. The van der Waals surface area contributed by atoms with Crippen LogP contribution in [0.4, 0.5) is 0 Å². The molecule has 2 heteroatoms. The molecule has 2 rings (SSSR count).